The van der Waals surface area contributed by atoms with E-state index >= 15 is 0 Å². The molecular weight excluding hydrogens is 154 g/mol. The number of carboxylic acids is 1. The van der Waals surface area contributed by atoms with Gasteiger partial charge >= 0.3 is 5.97 Å². The summed E-state index contributed by atoms with van der Waals surface area (Å²) >= 11 is 0. The maximum absolute atomic E-state index is 10.5. The van der Waals surface area contributed by atoms with Gasteiger partial charge in [0.1, 0.15) is 0 Å². The predicted octanol–water partition coefficient (Wildman–Crippen LogP) is 1.81. The van der Waals surface area contributed by atoms with Gasteiger partial charge in [-0.1, -0.05) is 12.2 Å². The lowest BCUT2D eigenvalue weighted by atomic mass is 10.2. The Hall–Kier alpha value is -1.64. The van der Waals surface area contributed by atoms with Crippen LogP contribution in [-0.4, -0.2) is 16.1 Å². The number of hydrogen-bond donors (Lipinski definition) is 1. The van der Waals surface area contributed by atoms with Crippen molar-refractivity contribution < 1.29 is 9.90 Å². The van der Waals surface area contributed by atoms with Crippen molar-refractivity contribution in [3.63, 3.8) is 0 Å². The van der Waals surface area contributed by atoms with Crippen molar-refractivity contribution in [2.75, 3.05) is 0 Å². The minimum Gasteiger partial charge on any atom is -0.478 e. The molecule has 0 unspecified atom stereocenters. The fourth-order valence-corrected chi connectivity index (χ4v) is 0.858. The van der Waals surface area contributed by atoms with Gasteiger partial charge in [0.05, 0.1) is 5.56 Å². The summed E-state index contributed by atoms with van der Waals surface area (Å²) in [6, 6.07) is 1.58. The topological polar surface area (TPSA) is 50.2 Å². The lowest BCUT2D eigenvalue weighted by molar-refractivity contribution is 0.0696. The SMILES string of the molecule is CC=Cc1cncc(C(=O)O)c1. The van der Waals surface area contributed by atoms with Crippen LogP contribution >= 0.6 is 0 Å². The number of carboxylic acid groups (broad SMARTS) is 1. The largest absolute Gasteiger partial charge is 0.478 e. The Balaban J connectivity index is 3.03. The average molecular weight is 163 g/mol. The summed E-state index contributed by atoms with van der Waals surface area (Å²) in [6.07, 6.45) is 6.59. The number of aromatic nitrogens is 1. The molecule has 0 saturated heterocycles. The van der Waals surface area contributed by atoms with Gasteiger partial charge < -0.3 is 5.11 Å². The second kappa shape index (κ2) is 3.67. The van der Waals surface area contributed by atoms with E-state index < -0.39 is 5.97 Å². The Labute approximate surface area is 70.4 Å². The number of pyridine rings is 1. The van der Waals surface area contributed by atoms with Gasteiger partial charge in [-0.3, -0.25) is 4.98 Å². The molecule has 0 atom stereocenters. The monoisotopic (exact) mass is 163 g/mol. The molecule has 3 heteroatoms. The third-order valence-corrected chi connectivity index (χ3v) is 1.37. The Kier molecular flexibility index (Phi) is 2.58. The number of carbonyl (C=O) groups is 1. The molecular formula is C9H9NO2. The molecule has 0 fully saturated rings. The summed E-state index contributed by atoms with van der Waals surface area (Å²) in [7, 11) is 0. The fourth-order valence-electron chi connectivity index (χ4n) is 0.858. The number of nitrogens with zero attached hydrogens (tertiary/aromatic N) is 1. The second-order valence-electron chi connectivity index (χ2n) is 2.31. The Morgan fingerprint density at radius 3 is 2.92 bits per heavy atom. The fraction of sp³-hybridized carbons (Fsp3) is 0.111. The van der Waals surface area contributed by atoms with Crippen molar-refractivity contribution in [1.29, 1.82) is 0 Å². The van der Waals surface area contributed by atoms with Crippen molar-refractivity contribution in [2.24, 2.45) is 0 Å². The Morgan fingerprint density at radius 2 is 2.33 bits per heavy atom. The average Bonchev–Trinajstić information content (AvgIpc) is 2.05. The zero-order chi connectivity index (χ0) is 8.97. The highest BCUT2D eigenvalue weighted by Crippen LogP contribution is 2.04. The van der Waals surface area contributed by atoms with Crippen LogP contribution < -0.4 is 0 Å². The molecule has 0 radical (unpaired) electrons. The van der Waals surface area contributed by atoms with Crippen LogP contribution in [0.25, 0.3) is 6.08 Å². The van der Waals surface area contributed by atoms with E-state index in [0.29, 0.717) is 0 Å². The molecule has 62 valence electrons. The molecule has 1 aromatic heterocycles. The molecule has 3 nitrogen and oxygen atoms in total. The third-order valence-electron chi connectivity index (χ3n) is 1.37. The summed E-state index contributed by atoms with van der Waals surface area (Å²) in [5, 5.41) is 8.61. The molecule has 0 aromatic carbocycles. The molecule has 0 aliphatic heterocycles. The predicted molar refractivity (Wildman–Crippen MR) is 45.9 cm³/mol. The first-order valence-corrected chi connectivity index (χ1v) is 3.55. The van der Waals surface area contributed by atoms with E-state index in [1.165, 1.54) is 6.20 Å². The van der Waals surface area contributed by atoms with E-state index in [2.05, 4.69) is 4.98 Å². The molecule has 0 aliphatic carbocycles. The van der Waals surface area contributed by atoms with Crippen LogP contribution in [0.1, 0.15) is 22.8 Å². The quantitative estimate of drug-likeness (QED) is 0.723. The third kappa shape index (κ3) is 1.92. The van der Waals surface area contributed by atoms with E-state index in [4.69, 9.17) is 5.11 Å². The highest BCUT2D eigenvalue weighted by molar-refractivity contribution is 5.87. The highest BCUT2D eigenvalue weighted by Gasteiger charge is 2.01. The molecule has 1 aromatic rings. The number of hydrogen-bond acceptors (Lipinski definition) is 2. The molecule has 12 heavy (non-hydrogen) atoms. The van der Waals surface area contributed by atoms with Gasteiger partial charge in [-0.2, -0.15) is 0 Å². The zero-order valence-electron chi connectivity index (χ0n) is 6.69. The van der Waals surface area contributed by atoms with Gasteiger partial charge in [0, 0.05) is 12.4 Å². The molecule has 0 amide bonds. The van der Waals surface area contributed by atoms with Crippen LogP contribution in [0, 0.1) is 0 Å². The number of rotatable bonds is 2. The van der Waals surface area contributed by atoms with Crippen molar-refractivity contribution in [1.82, 2.24) is 4.98 Å². The smallest absolute Gasteiger partial charge is 0.337 e. The van der Waals surface area contributed by atoms with Gasteiger partial charge in [-0.05, 0) is 18.6 Å². The van der Waals surface area contributed by atoms with E-state index in [1.54, 1.807) is 18.3 Å². The summed E-state index contributed by atoms with van der Waals surface area (Å²) in [5.74, 6) is -0.950. The van der Waals surface area contributed by atoms with Gasteiger partial charge in [0.15, 0.2) is 0 Å². The first-order chi connectivity index (χ1) is 5.74. The van der Waals surface area contributed by atoms with E-state index in [9.17, 15) is 4.79 Å². The van der Waals surface area contributed by atoms with E-state index in [0.717, 1.165) is 5.56 Å². The van der Waals surface area contributed by atoms with Crippen molar-refractivity contribution in [3.05, 3.63) is 35.7 Å². The van der Waals surface area contributed by atoms with Gasteiger partial charge in [-0.15, -0.1) is 0 Å². The number of allylic oxidation sites excluding steroid dienone is 1. The molecule has 0 bridgehead atoms. The van der Waals surface area contributed by atoms with Crippen molar-refractivity contribution in [3.8, 4) is 0 Å². The molecule has 1 heterocycles. The highest BCUT2D eigenvalue weighted by atomic mass is 16.4. The first kappa shape index (κ1) is 8.46. The van der Waals surface area contributed by atoms with Crippen molar-refractivity contribution >= 4 is 12.0 Å². The van der Waals surface area contributed by atoms with Gasteiger partial charge in [-0.25, -0.2) is 4.79 Å². The molecule has 1 N–H and O–H groups in total. The van der Waals surface area contributed by atoms with Gasteiger partial charge in [0.25, 0.3) is 0 Å². The molecule has 0 saturated carbocycles. The zero-order valence-corrected chi connectivity index (χ0v) is 6.69. The van der Waals surface area contributed by atoms with Crippen LogP contribution in [-0.2, 0) is 0 Å². The molecule has 0 spiro atoms. The van der Waals surface area contributed by atoms with E-state index in [1.807, 2.05) is 13.0 Å². The molecule has 0 aliphatic rings. The molecule has 1 rings (SSSR count). The minimum absolute atomic E-state index is 0.214. The van der Waals surface area contributed by atoms with Crippen LogP contribution in [0.3, 0.4) is 0 Å². The maximum atomic E-state index is 10.5. The van der Waals surface area contributed by atoms with E-state index in [-0.39, 0.29) is 5.56 Å². The summed E-state index contributed by atoms with van der Waals surface area (Å²) < 4.78 is 0. The lowest BCUT2D eigenvalue weighted by Gasteiger charge is -1.94. The second-order valence-corrected chi connectivity index (χ2v) is 2.31. The summed E-state index contributed by atoms with van der Waals surface area (Å²) in [5.41, 5.74) is 1.02. The van der Waals surface area contributed by atoms with Gasteiger partial charge in [0.2, 0.25) is 0 Å². The normalized spacial score (nSPS) is 10.4. The lowest BCUT2D eigenvalue weighted by Crippen LogP contribution is -1.96. The van der Waals surface area contributed by atoms with Crippen LogP contribution in [0.2, 0.25) is 0 Å². The maximum Gasteiger partial charge on any atom is 0.337 e. The van der Waals surface area contributed by atoms with Crippen LogP contribution in [0.4, 0.5) is 0 Å². The first-order valence-electron chi connectivity index (χ1n) is 3.55. The summed E-state index contributed by atoms with van der Waals surface area (Å²) in [4.78, 5) is 14.3. The Morgan fingerprint density at radius 1 is 1.58 bits per heavy atom. The van der Waals surface area contributed by atoms with Crippen molar-refractivity contribution in [2.45, 2.75) is 6.92 Å². The Bertz CT molecular complexity index is 318. The van der Waals surface area contributed by atoms with Crippen LogP contribution in [0.15, 0.2) is 24.5 Å². The minimum atomic E-state index is -0.950. The number of aromatic carboxylic acids is 1. The summed E-state index contributed by atoms with van der Waals surface area (Å²) in [6.45, 7) is 1.87. The standard InChI is InChI=1S/C9H9NO2/c1-2-3-7-4-8(9(11)12)6-10-5-7/h2-6H,1H3,(H,11,12). The van der Waals surface area contributed by atoms with Crippen LogP contribution in [0.5, 0.6) is 0 Å².